The fraction of sp³-hybridized carbons (Fsp3) is 0.556. The normalized spacial score (nSPS) is 11.9. The van der Waals surface area contributed by atoms with Crippen molar-refractivity contribution >= 4 is 6.08 Å². The summed E-state index contributed by atoms with van der Waals surface area (Å²) >= 11 is 0. The number of methoxy groups -OCH3 is 1. The van der Waals surface area contributed by atoms with Gasteiger partial charge >= 0.3 is 0 Å². The Morgan fingerprint density at radius 2 is 1.90 bits per heavy atom. The topological polar surface area (TPSA) is 30.5 Å². The number of rotatable bonds is 8. The van der Waals surface area contributed by atoms with Gasteiger partial charge < -0.3 is 14.8 Å². The lowest BCUT2D eigenvalue weighted by Gasteiger charge is -2.20. The lowest BCUT2D eigenvalue weighted by Crippen LogP contribution is -2.36. The van der Waals surface area contributed by atoms with Crippen LogP contribution in [0.3, 0.4) is 0 Å². The van der Waals surface area contributed by atoms with Gasteiger partial charge in [0, 0.05) is 5.54 Å². The van der Waals surface area contributed by atoms with Crippen molar-refractivity contribution in [2.24, 2.45) is 0 Å². The Morgan fingerprint density at radius 1 is 1.14 bits per heavy atom. The monoisotopic (exact) mass is 291 g/mol. The summed E-state index contributed by atoms with van der Waals surface area (Å²) < 4.78 is 11.2. The van der Waals surface area contributed by atoms with Gasteiger partial charge in [-0.05, 0) is 64.8 Å². The van der Waals surface area contributed by atoms with Crippen molar-refractivity contribution in [3.8, 4) is 11.5 Å². The highest BCUT2D eigenvalue weighted by atomic mass is 16.5. The highest BCUT2D eigenvalue weighted by molar-refractivity contribution is 5.55. The van der Waals surface area contributed by atoms with Gasteiger partial charge in [0.2, 0.25) is 0 Å². The van der Waals surface area contributed by atoms with Crippen molar-refractivity contribution in [2.75, 3.05) is 20.3 Å². The minimum Gasteiger partial charge on any atom is -0.493 e. The molecule has 1 aromatic rings. The van der Waals surface area contributed by atoms with E-state index in [1.807, 2.05) is 37.3 Å². The second-order valence-corrected chi connectivity index (χ2v) is 6.14. The lowest BCUT2D eigenvalue weighted by molar-refractivity contribution is 0.283. The van der Waals surface area contributed by atoms with Crippen molar-refractivity contribution in [1.82, 2.24) is 5.32 Å². The van der Waals surface area contributed by atoms with Crippen molar-refractivity contribution in [1.29, 1.82) is 0 Å². The van der Waals surface area contributed by atoms with Crippen LogP contribution in [0.1, 0.15) is 46.1 Å². The van der Waals surface area contributed by atoms with Crippen LogP contribution in [0.4, 0.5) is 0 Å². The van der Waals surface area contributed by atoms with Crippen LogP contribution in [0.15, 0.2) is 24.3 Å². The van der Waals surface area contributed by atoms with E-state index in [4.69, 9.17) is 9.47 Å². The van der Waals surface area contributed by atoms with Gasteiger partial charge in [0.1, 0.15) is 0 Å². The van der Waals surface area contributed by atoms with E-state index in [2.05, 4.69) is 26.1 Å². The lowest BCUT2D eigenvalue weighted by atomic mass is 10.1. The van der Waals surface area contributed by atoms with Crippen molar-refractivity contribution in [3.05, 3.63) is 29.8 Å². The molecule has 3 heteroatoms. The molecule has 0 saturated heterocycles. The van der Waals surface area contributed by atoms with Gasteiger partial charge in [-0.15, -0.1) is 0 Å². The molecule has 0 fully saturated rings. The van der Waals surface area contributed by atoms with Crippen LogP contribution < -0.4 is 14.8 Å². The summed E-state index contributed by atoms with van der Waals surface area (Å²) in [6, 6.07) is 6.01. The van der Waals surface area contributed by atoms with E-state index in [1.54, 1.807) is 7.11 Å². The van der Waals surface area contributed by atoms with E-state index >= 15 is 0 Å². The molecular formula is C18H29NO2. The third-order valence-electron chi connectivity index (χ3n) is 3.03. The van der Waals surface area contributed by atoms with Crippen molar-refractivity contribution < 1.29 is 9.47 Å². The maximum atomic E-state index is 5.82. The summed E-state index contributed by atoms with van der Waals surface area (Å²) in [5, 5.41) is 3.48. The SMILES string of the molecule is CC=Cc1ccc(OCCCCNC(C)(C)C)c(OC)c1. The first-order valence-electron chi connectivity index (χ1n) is 7.65. The Kier molecular flexibility index (Phi) is 7.30. The van der Waals surface area contributed by atoms with Gasteiger partial charge in [0.25, 0.3) is 0 Å². The van der Waals surface area contributed by atoms with Crippen LogP contribution in [-0.2, 0) is 0 Å². The first-order chi connectivity index (χ1) is 9.96. The third kappa shape index (κ3) is 7.19. The number of nitrogens with one attached hydrogen (secondary N) is 1. The van der Waals surface area contributed by atoms with Crippen LogP contribution in [0.2, 0.25) is 0 Å². The smallest absolute Gasteiger partial charge is 0.161 e. The van der Waals surface area contributed by atoms with Gasteiger partial charge in [-0.3, -0.25) is 0 Å². The molecule has 21 heavy (non-hydrogen) atoms. The molecule has 0 heterocycles. The molecule has 1 rings (SSSR count). The molecule has 0 spiro atoms. The molecule has 0 bridgehead atoms. The number of ether oxygens (including phenoxy) is 2. The molecule has 0 atom stereocenters. The summed E-state index contributed by atoms with van der Waals surface area (Å²) in [6.45, 7) is 10.3. The molecule has 118 valence electrons. The van der Waals surface area contributed by atoms with Gasteiger partial charge in [0.15, 0.2) is 11.5 Å². The second kappa shape index (κ2) is 8.73. The van der Waals surface area contributed by atoms with E-state index in [1.165, 1.54) is 0 Å². The molecule has 1 N–H and O–H groups in total. The predicted octanol–water partition coefficient (Wildman–Crippen LogP) is 4.28. The zero-order valence-electron chi connectivity index (χ0n) is 14.0. The van der Waals surface area contributed by atoms with Gasteiger partial charge in [0.05, 0.1) is 13.7 Å². The maximum absolute atomic E-state index is 5.82. The van der Waals surface area contributed by atoms with Crippen LogP contribution in [0, 0.1) is 0 Å². The molecule has 1 aromatic carbocycles. The van der Waals surface area contributed by atoms with Crippen LogP contribution in [-0.4, -0.2) is 25.8 Å². The average molecular weight is 291 g/mol. The molecule has 0 aliphatic heterocycles. The second-order valence-electron chi connectivity index (χ2n) is 6.14. The van der Waals surface area contributed by atoms with Crippen molar-refractivity contribution in [2.45, 2.75) is 46.1 Å². The molecule has 0 aromatic heterocycles. The number of allylic oxidation sites excluding steroid dienone is 1. The van der Waals surface area contributed by atoms with E-state index < -0.39 is 0 Å². The number of benzene rings is 1. The molecule has 0 amide bonds. The molecule has 3 nitrogen and oxygen atoms in total. The standard InChI is InChI=1S/C18H29NO2/c1-6-9-15-10-11-16(17(14-15)20-5)21-13-8-7-12-19-18(2,3)4/h6,9-11,14,19H,7-8,12-13H2,1-5H3. The van der Waals surface area contributed by atoms with Crippen LogP contribution in [0.25, 0.3) is 6.08 Å². The van der Waals surface area contributed by atoms with Crippen molar-refractivity contribution in [3.63, 3.8) is 0 Å². The van der Waals surface area contributed by atoms with Gasteiger partial charge in [-0.1, -0.05) is 18.2 Å². The zero-order chi connectivity index (χ0) is 15.7. The Labute approximate surface area is 129 Å². The van der Waals surface area contributed by atoms with Crippen LogP contribution in [0.5, 0.6) is 11.5 Å². The summed E-state index contributed by atoms with van der Waals surface area (Å²) in [6.07, 6.45) is 6.20. The largest absolute Gasteiger partial charge is 0.493 e. The quantitative estimate of drug-likeness (QED) is 0.725. The van der Waals surface area contributed by atoms with E-state index in [0.717, 1.165) is 36.4 Å². The predicted molar refractivity (Wildman–Crippen MR) is 90.2 cm³/mol. The fourth-order valence-corrected chi connectivity index (χ4v) is 1.97. The number of unbranched alkanes of at least 4 members (excludes halogenated alkanes) is 1. The molecular weight excluding hydrogens is 262 g/mol. The average Bonchev–Trinajstić information content (AvgIpc) is 2.42. The third-order valence-corrected chi connectivity index (χ3v) is 3.03. The molecule has 0 saturated carbocycles. The molecule has 0 radical (unpaired) electrons. The van der Waals surface area contributed by atoms with E-state index in [0.29, 0.717) is 6.61 Å². The first kappa shape index (κ1) is 17.6. The maximum Gasteiger partial charge on any atom is 0.161 e. The molecule has 0 aliphatic carbocycles. The van der Waals surface area contributed by atoms with E-state index in [9.17, 15) is 0 Å². The molecule has 0 aliphatic rings. The summed E-state index contributed by atoms with van der Waals surface area (Å²) in [5.41, 5.74) is 1.31. The Morgan fingerprint density at radius 3 is 2.52 bits per heavy atom. The van der Waals surface area contributed by atoms with Gasteiger partial charge in [-0.25, -0.2) is 0 Å². The number of hydrogen-bond acceptors (Lipinski definition) is 3. The van der Waals surface area contributed by atoms with Crippen LogP contribution >= 0.6 is 0 Å². The Hall–Kier alpha value is -1.48. The first-order valence-corrected chi connectivity index (χ1v) is 7.65. The Bertz CT molecular complexity index is 447. The highest BCUT2D eigenvalue weighted by Crippen LogP contribution is 2.28. The van der Waals surface area contributed by atoms with E-state index in [-0.39, 0.29) is 5.54 Å². The van der Waals surface area contributed by atoms with Gasteiger partial charge in [-0.2, -0.15) is 0 Å². The molecule has 0 unspecified atom stereocenters. The Balaban J connectivity index is 2.38. The number of hydrogen-bond donors (Lipinski definition) is 1. The summed E-state index contributed by atoms with van der Waals surface area (Å²) in [5.74, 6) is 1.60. The zero-order valence-corrected chi connectivity index (χ0v) is 14.0. The highest BCUT2D eigenvalue weighted by Gasteiger charge is 2.07. The summed E-state index contributed by atoms with van der Waals surface area (Å²) in [7, 11) is 1.68. The fourth-order valence-electron chi connectivity index (χ4n) is 1.97. The minimum absolute atomic E-state index is 0.187. The summed E-state index contributed by atoms with van der Waals surface area (Å²) in [4.78, 5) is 0. The minimum atomic E-state index is 0.187.